The molecule has 1 aliphatic carbocycles. The monoisotopic (exact) mass is 407 g/mol. The zero-order chi connectivity index (χ0) is 20.0. The molecule has 0 radical (unpaired) electrons. The van der Waals surface area contributed by atoms with Crippen LogP contribution in [0.2, 0.25) is 0 Å². The predicted molar refractivity (Wildman–Crippen MR) is 116 cm³/mol. The highest BCUT2D eigenvalue weighted by Gasteiger charge is 2.30. The number of fused-ring (bicyclic) bond motifs is 3. The Labute approximate surface area is 174 Å². The average Bonchev–Trinajstić information content (AvgIpc) is 3.34. The van der Waals surface area contributed by atoms with Gasteiger partial charge in [0.25, 0.3) is 0 Å². The highest BCUT2D eigenvalue weighted by molar-refractivity contribution is 7.19. The zero-order valence-electron chi connectivity index (χ0n) is 16.9. The average molecular weight is 408 g/mol. The number of aromatic nitrogens is 3. The summed E-state index contributed by atoms with van der Waals surface area (Å²) in [4.78, 5) is 33.2. The lowest BCUT2D eigenvalue weighted by Crippen LogP contribution is -2.40. The zero-order valence-corrected chi connectivity index (χ0v) is 17.7. The third kappa shape index (κ3) is 3.27. The molecule has 4 heterocycles. The van der Waals surface area contributed by atoms with Gasteiger partial charge in [-0.05, 0) is 49.8 Å². The molecule has 5 rings (SSSR count). The van der Waals surface area contributed by atoms with Crippen molar-refractivity contribution in [2.24, 2.45) is 5.92 Å². The molecule has 1 aliphatic heterocycles. The number of hydrogen-bond acceptors (Lipinski definition) is 6. The highest BCUT2D eigenvalue weighted by Crippen LogP contribution is 2.42. The number of carbonyl (C=O) groups is 1. The number of piperidine rings is 1. The summed E-state index contributed by atoms with van der Waals surface area (Å²) in [5.74, 6) is 2.14. The first-order valence-electron chi connectivity index (χ1n) is 10.3. The molecular formula is C22H25N5OS. The second-order valence-corrected chi connectivity index (χ2v) is 9.23. The van der Waals surface area contributed by atoms with Crippen molar-refractivity contribution in [3.8, 4) is 11.4 Å². The number of pyridine rings is 1. The van der Waals surface area contributed by atoms with E-state index in [2.05, 4.69) is 9.88 Å². The van der Waals surface area contributed by atoms with Crippen molar-refractivity contribution in [1.29, 1.82) is 0 Å². The van der Waals surface area contributed by atoms with Crippen molar-refractivity contribution in [3.05, 3.63) is 35.0 Å². The van der Waals surface area contributed by atoms with E-state index in [0.717, 1.165) is 60.8 Å². The summed E-state index contributed by atoms with van der Waals surface area (Å²) < 4.78 is 0. The maximum Gasteiger partial charge on any atom is 0.225 e. The van der Waals surface area contributed by atoms with Gasteiger partial charge < -0.3 is 9.80 Å². The quantitative estimate of drug-likeness (QED) is 0.664. The molecule has 3 aromatic heterocycles. The second-order valence-electron chi connectivity index (χ2n) is 8.14. The Kier molecular flexibility index (Phi) is 4.70. The van der Waals surface area contributed by atoms with E-state index in [1.54, 1.807) is 11.1 Å². The maximum absolute atomic E-state index is 12.4. The molecule has 150 valence electrons. The van der Waals surface area contributed by atoms with Crippen molar-refractivity contribution >= 4 is 33.3 Å². The third-order valence-corrected chi connectivity index (χ3v) is 7.24. The molecule has 0 bridgehead atoms. The van der Waals surface area contributed by atoms with Crippen molar-refractivity contribution in [2.75, 3.05) is 32.1 Å². The van der Waals surface area contributed by atoms with Gasteiger partial charge in [0.1, 0.15) is 10.6 Å². The Morgan fingerprint density at radius 2 is 2.03 bits per heavy atom. The number of nitrogens with zero attached hydrogens (tertiary/aromatic N) is 5. The normalized spacial score (nSPS) is 17.0. The lowest BCUT2D eigenvalue weighted by molar-refractivity contribution is -0.133. The summed E-state index contributed by atoms with van der Waals surface area (Å²) in [5.41, 5.74) is 2.39. The van der Waals surface area contributed by atoms with Crippen LogP contribution in [0, 0.1) is 5.92 Å². The number of thiophene rings is 1. The second kappa shape index (κ2) is 7.37. The van der Waals surface area contributed by atoms with Gasteiger partial charge in [-0.3, -0.25) is 9.78 Å². The van der Waals surface area contributed by atoms with Crippen LogP contribution >= 0.6 is 11.3 Å². The molecule has 1 fully saturated rings. The Bertz CT molecular complexity index is 1050. The number of hydrogen-bond donors (Lipinski definition) is 0. The fourth-order valence-electron chi connectivity index (χ4n) is 4.53. The van der Waals surface area contributed by atoms with Gasteiger partial charge in [0.05, 0.1) is 5.39 Å². The Morgan fingerprint density at radius 1 is 1.21 bits per heavy atom. The van der Waals surface area contributed by atoms with Gasteiger partial charge >= 0.3 is 0 Å². The molecule has 2 aliphatic rings. The first kappa shape index (κ1) is 18.5. The standard InChI is InChI=1S/C22H25N5OS/c1-26(2)22(28)14-8-11-27(12-9-14)20-18-16-6-3-7-17(16)29-21(18)25-19(24-20)15-5-4-10-23-13-15/h4-5,10,13-14H,3,6-9,11-12H2,1-2H3. The summed E-state index contributed by atoms with van der Waals surface area (Å²) >= 11 is 1.82. The predicted octanol–water partition coefficient (Wildman–Crippen LogP) is 3.55. The van der Waals surface area contributed by atoms with Crippen molar-refractivity contribution in [2.45, 2.75) is 32.1 Å². The van der Waals surface area contributed by atoms with Crippen LogP contribution in [0.25, 0.3) is 21.6 Å². The number of amides is 1. The van der Waals surface area contributed by atoms with Crippen LogP contribution in [0.4, 0.5) is 5.82 Å². The minimum atomic E-state index is 0.115. The van der Waals surface area contributed by atoms with Crippen LogP contribution in [0.1, 0.15) is 29.7 Å². The Morgan fingerprint density at radius 3 is 2.76 bits per heavy atom. The Hall–Kier alpha value is -2.54. The topological polar surface area (TPSA) is 62.2 Å². The first-order valence-corrected chi connectivity index (χ1v) is 11.1. The third-order valence-electron chi connectivity index (χ3n) is 6.05. The van der Waals surface area contributed by atoms with E-state index in [-0.39, 0.29) is 11.8 Å². The molecule has 0 N–H and O–H groups in total. The molecule has 29 heavy (non-hydrogen) atoms. The van der Waals surface area contributed by atoms with E-state index in [1.165, 1.54) is 22.2 Å². The lowest BCUT2D eigenvalue weighted by Gasteiger charge is -2.33. The number of carbonyl (C=O) groups excluding carboxylic acids is 1. The lowest BCUT2D eigenvalue weighted by atomic mass is 9.95. The van der Waals surface area contributed by atoms with E-state index in [4.69, 9.17) is 9.97 Å². The SMILES string of the molecule is CN(C)C(=O)C1CCN(c2nc(-c3cccnc3)nc3sc4c(c23)CCC4)CC1. The molecule has 0 unspecified atom stereocenters. The number of aryl methyl sites for hydroxylation is 2. The van der Waals surface area contributed by atoms with Crippen molar-refractivity contribution in [3.63, 3.8) is 0 Å². The van der Waals surface area contributed by atoms with Crippen LogP contribution in [0.5, 0.6) is 0 Å². The van der Waals surface area contributed by atoms with E-state index in [1.807, 2.05) is 43.8 Å². The largest absolute Gasteiger partial charge is 0.356 e. The van der Waals surface area contributed by atoms with Crippen LogP contribution in [0.3, 0.4) is 0 Å². The number of anilines is 1. The first-order chi connectivity index (χ1) is 14.1. The van der Waals surface area contributed by atoms with E-state index >= 15 is 0 Å². The van der Waals surface area contributed by atoms with Crippen LogP contribution < -0.4 is 4.90 Å². The number of rotatable bonds is 3. The van der Waals surface area contributed by atoms with Crippen LogP contribution in [0.15, 0.2) is 24.5 Å². The van der Waals surface area contributed by atoms with Crippen LogP contribution in [-0.2, 0) is 17.6 Å². The van der Waals surface area contributed by atoms with Gasteiger partial charge in [-0.25, -0.2) is 9.97 Å². The highest BCUT2D eigenvalue weighted by atomic mass is 32.1. The molecule has 7 heteroatoms. The van der Waals surface area contributed by atoms with Gasteiger partial charge in [-0.1, -0.05) is 0 Å². The molecule has 1 amide bonds. The summed E-state index contributed by atoms with van der Waals surface area (Å²) in [7, 11) is 3.69. The molecule has 6 nitrogen and oxygen atoms in total. The van der Waals surface area contributed by atoms with Crippen molar-refractivity contribution < 1.29 is 4.79 Å². The maximum atomic E-state index is 12.4. The molecule has 0 aromatic carbocycles. The minimum absolute atomic E-state index is 0.115. The summed E-state index contributed by atoms with van der Waals surface area (Å²) in [6, 6.07) is 3.94. The molecule has 0 spiro atoms. The van der Waals surface area contributed by atoms with E-state index < -0.39 is 0 Å². The fraction of sp³-hybridized carbons (Fsp3) is 0.455. The van der Waals surface area contributed by atoms with Gasteiger partial charge in [0, 0.05) is 55.9 Å². The Balaban J connectivity index is 1.55. The molecule has 3 aromatic rings. The van der Waals surface area contributed by atoms with Crippen molar-refractivity contribution in [1.82, 2.24) is 19.9 Å². The fourth-order valence-corrected chi connectivity index (χ4v) is 5.79. The van der Waals surface area contributed by atoms with Crippen LogP contribution in [-0.4, -0.2) is 52.9 Å². The minimum Gasteiger partial charge on any atom is -0.356 e. The van der Waals surface area contributed by atoms with Gasteiger partial charge in [0.15, 0.2) is 5.82 Å². The summed E-state index contributed by atoms with van der Waals surface area (Å²) in [5, 5.41) is 1.24. The molecule has 0 atom stereocenters. The van der Waals surface area contributed by atoms with E-state index in [0.29, 0.717) is 0 Å². The molecular weight excluding hydrogens is 382 g/mol. The smallest absolute Gasteiger partial charge is 0.225 e. The summed E-state index contributed by atoms with van der Waals surface area (Å²) in [6.45, 7) is 1.71. The van der Waals surface area contributed by atoms with Gasteiger partial charge in [-0.15, -0.1) is 11.3 Å². The van der Waals surface area contributed by atoms with Gasteiger partial charge in [-0.2, -0.15) is 0 Å². The summed E-state index contributed by atoms with van der Waals surface area (Å²) in [6.07, 6.45) is 8.84. The van der Waals surface area contributed by atoms with Gasteiger partial charge in [0.2, 0.25) is 5.91 Å². The molecule has 1 saturated heterocycles. The van der Waals surface area contributed by atoms with E-state index in [9.17, 15) is 4.79 Å². The molecule has 0 saturated carbocycles.